The minimum Gasteiger partial charge on any atom is -0.313 e. The lowest BCUT2D eigenvalue weighted by molar-refractivity contribution is 0.974. The van der Waals surface area contributed by atoms with Crippen LogP contribution < -0.4 is 0 Å². The zero-order chi connectivity index (χ0) is 15.8. The molecule has 6 aromatic rings. The molecule has 6 rings (SSSR count). The first-order chi connectivity index (χ1) is 11.8. The summed E-state index contributed by atoms with van der Waals surface area (Å²) in [6, 6.07) is 16.8. The van der Waals surface area contributed by atoms with E-state index in [0.29, 0.717) is 0 Å². The van der Waals surface area contributed by atoms with Crippen molar-refractivity contribution >= 4 is 59.5 Å². The molecule has 0 bridgehead atoms. The van der Waals surface area contributed by atoms with Crippen LogP contribution in [0.25, 0.3) is 48.1 Å². The Labute approximate surface area is 140 Å². The molecule has 4 heterocycles. The first-order valence-electron chi connectivity index (χ1n) is 7.85. The fraction of sp³-hybridized carbons (Fsp3) is 0.0526. The number of aryl methyl sites for hydroxylation is 1. The molecule has 0 N–H and O–H groups in total. The van der Waals surface area contributed by atoms with Crippen LogP contribution in [0, 0.1) is 0 Å². The fourth-order valence-corrected chi connectivity index (χ4v) is 4.88. The van der Waals surface area contributed by atoms with Gasteiger partial charge in [0, 0.05) is 18.6 Å². The molecule has 24 heavy (non-hydrogen) atoms. The summed E-state index contributed by atoms with van der Waals surface area (Å²) in [7, 11) is 2.08. The Hall–Kier alpha value is -2.92. The summed E-state index contributed by atoms with van der Waals surface area (Å²) < 4.78 is 6.95. The molecular weight excluding hydrogens is 316 g/mol. The first kappa shape index (κ1) is 12.5. The van der Waals surface area contributed by atoms with Crippen LogP contribution in [-0.4, -0.2) is 18.9 Å². The molecule has 4 aromatic heterocycles. The number of rotatable bonds is 0. The Morgan fingerprint density at radius 1 is 0.958 bits per heavy atom. The number of aromatic nitrogens is 4. The molecule has 0 radical (unpaired) electrons. The molecule has 4 nitrogen and oxygen atoms in total. The van der Waals surface area contributed by atoms with E-state index in [1.807, 2.05) is 18.3 Å². The standard InChI is InChI=1S/C19H12N4S/c1-22-14-9-8-11-16-15(7-4-10-20-16)24-18(11)17(14)23-13-6-3-2-5-12(13)21-19(22)23/h2-10H,1H3. The van der Waals surface area contributed by atoms with E-state index >= 15 is 0 Å². The van der Waals surface area contributed by atoms with Gasteiger partial charge in [0.15, 0.2) is 0 Å². The molecule has 0 saturated heterocycles. The number of imidazole rings is 2. The molecule has 114 valence electrons. The molecule has 0 fully saturated rings. The monoisotopic (exact) mass is 328 g/mol. The average Bonchev–Trinajstić information content (AvgIpc) is 3.25. The van der Waals surface area contributed by atoms with E-state index in [4.69, 9.17) is 4.98 Å². The topological polar surface area (TPSA) is 35.1 Å². The zero-order valence-electron chi connectivity index (χ0n) is 12.9. The predicted molar refractivity (Wildman–Crippen MR) is 99.9 cm³/mol. The van der Waals surface area contributed by atoms with E-state index in [9.17, 15) is 0 Å². The van der Waals surface area contributed by atoms with Gasteiger partial charge in [0.25, 0.3) is 0 Å². The second-order valence-corrected chi connectivity index (χ2v) is 7.11. The quantitative estimate of drug-likeness (QED) is 0.403. The number of para-hydroxylation sites is 2. The van der Waals surface area contributed by atoms with E-state index in [0.717, 1.165) is 22.3 Å². The van der Waals surface area contributed by atoms with Gasteiger partial charge in [0.1, 0.15) is 0 Å². The molecule has 0 spiro atoms. The Kier molecular flexibility index (Phi) is 2.15. The van der Waals surface area contributed by atoms with Gasteiger partial charge in [-0.2, -0.15) is 0 Å². The zero-order valence-corrected chi connectivity index (χ0v) is 13.7. The third-order valence-corrected chi connectivity index (χ3v) is 5.94. The summed E-state index contributed by atoms with van der Waals surface area (Å²) in [4.78, 5) is 9.42. The Bertz CT molecular complexity index is 1420. The van der Waals surface area contributed by atoms with Gasteiger partial charge in [-0.1, -0.05) is 12.1 Å². The van der Waals surface area contributed by atoms with E-state index in [1.54, 1.807) is 11.3 Å². The summed E-state index contributed by atoms with van der Waals surface area (Å²) in [5, 5.41) is 1.22. The fourth-order valence-electron chi connectivity index (χ4n) is 3.69. The van der Waals surface area contributed by atoms with Gasteiger partial charge < -0.3 is 4.57 Å². The Morgan fingerprint density at radius 3 is 2.83 bits per heavy atom. The molecule has 0 saturated carbocycles. The molecule has 2 aromatic carbocycles. The first-order valence-corrected chi connectivity index (χ1v) is 8.66. The van der Waals surface area contributed by atoms with Gasteiger partial charge in [-0.3, -0.25) is 9.38 Å². The molecule has 0 unspecified atom stereocenters. The van der Waals surface area contributed by atoms with Gasteiger partial charge in [0.2, 0.25) is 5.78 Å². The Morgan fingerprint density at radius 2 is 1.88 bits per heavy atom. The van der Waals surface area contributed by atoms with Crippen LogP contribution in [-0.2, 0) is 7.05 Å². The summed E-state index contributed by atoms with van der Waals surface area (Å²) in [6.07, 6.45) is 1.87. The van der Waals surface area contributed by atoms with Gasteiger partial charge in [-0.25, -0.2) is 4.98 Å². The smallest absolute Gasteiger partial charge is 0.215 e. The summed E-state index contributed by atoms with van der Waals surface area (Å²) in [5.74, 6) is 0.976. The van der Waals surface area contributed by atoms with Crippen LogP contribution in [0.1, 0.15) is 0 Å². The predicted octanol–water partition coefficient (Wildman–Crippen LogP) is 4.74. The number of thiophene rings is 1. The maximum atomic E-state index is 4.83. The summed E-state index contributed by atoms with van der Waals surface area (Å²) in [5.41, 5.74) is 5.68. The molecule has 0 aliphatic heterocycles. The molecule has 0 aliphatic rings. The highest BCUT2D eigenvalue weighted by Gasteiger charge is 2.18. The van der Waals surface area contributed by atoms with Gasteiger partial charge in [-0.15, -0.1) is 11.3 Å². The van der Waals surface area contributed by atoms with Crippen LogP contribution in [0.15, 0.2) is 54.7 Å². The lowest BCUT2D eigenvalue weighted by Gasteiger charge is -1.98. The summed E-state index contributed by atoms with van der Waals surface area (Å²) in [6.45, 7) is 0. The normalized spacial score (nSPS) is 12.4. The van der Waals surface area contributed by atoms with Crippen LogP contribution >= 0.6 is 11.3 Å². The maximum absolute atomic E-state index is 4.83. The van der Waals surface area contributed by atoms with Crippen LogP contribution in [0.4, 0.5) is 0 Å². The van der Waals surface area contributed by atoms with Crippen molar-refractivity contribution in [2.24, 2.45) is 7.05 Å². The van der Waals surface area contributed by atoms with Crippen molar-refractivity contribution < 1.29 is 0 Å². The van der Waals surface area contributed by atoms with E-state index < -0.39 is 0 Å². The second kappa shape index (κ2) is 4.13. The SMILES string of the molecule is Cn1c2ccc3c4ncccc4sc3c2n2c3ccccc3nc12. The van der Waals surface area contributed by atoms with Crippen molar-refractivity contribution in [1.82, 2.24) is 18.9 Å². The van der Waals surface area contributed by atoms with Gasteiger partial charge >= 0.3 is 0 Å². The van der Waals surface area contributed by atoms with Crippen molar-refractivity contribution in [1.29, 1.82) is 0 Å². The second-order valence-electron chi connectivity index (χ2n) is 6.06. The minimum absolute atomic E-state index is 0.976. The largest absolute Gasteiger partial charge is 0.313 e. The van der Waals surface area contributed by atoms with Crippen molar-refractivity contribution in [2.45, 2.75) is 0 Å². The number of benzene rings is 2. The lowest BCUT2D eigenvalue weighted by atomic mass is 10.2. The van der Waals surface area contributed by atoms with Gasteiger partial charge in [0.05, 0.1) is 37.0 Å². The number of pyridine rings is 1. The van der Waals surface area contributed by atoms with Crippen LogP contribution in [0.3, 0.4) is 0 Å². The maximum Gasteiger partial charge on any atom is 0.215 e. The van der Waals surface area contributed by atoms with Crippen LogP contribution in [0.5, 0.6) is 0 Å². The average molecular weight is 328 g/mol. The molecular formula is C19H12N4S. The van der Waals surface area contributed by atoms with E-state index in [2.05, 4.69) is 57.4 Å². The van der Waals surface area contributed by atoms with Crippen molar-refractivity contribution in [3.05, 3.63) is 54.7 Å². The van der Waals surface area contributed by atoms with E-state index in [-0.39, 0.29) is 0 Å². The van der Waals surface area contributed by atoms with Crippen molar-refractivity contribution in [3.8, 4) is 0 Å². The van der Waals surface area contributed by atoms with Crippen molar-refractivity contribution in [2.75, 3.05) is 0 Å². The Balaban J connectivity index is 1.99. The highest BCUT2D eigenvalue weighted by Crippen LogP contribution is 2.39. The number of fused-ring (bicyclic) bond motifs is 9. The highest BCUT2D eigenvalue weighted by molar-refractivity contribution is 7.26. The number of nitrogens with zero attached hydrogens (tertiary/aromatic N) is 4. The summed E-state index contributed by atoms with van der Waals surface area (Å²) >= 11 is 1.81. The molecule has 0 aliphatic carbocycles. The minimum atomic E-state index is 0.976. The third kappa shape index (κ3) is 1.35. The van der Waals surface area contributed by atoms with Crippen LogP contribution in [0.2, 0.25) is 0 Å². The third-order valence-electron chi connectivity index (χ3n) is 4.78. The van der Waals surface area contributed by atoms with Crippen molar-refractivity contribution in [3.63, 3.8) is 0 Å². The highest BCUT2D eigenvalue weighted by atomic mass is 32.1. The number of hydrogen-bond acceptors (Lipinski definition) is 3. The van der Waals surface area contributed by atoms with Gasteiger partial charge in [-0.05, 0) is 36.4 Å². The molecule has 0 amide bonds. The molecule has 0 atom stereocenters. The lowest BCUT2D eigenvalue weighted by Crippen LogP contribution is -1.87. The molecule has 5 heteroatoms. The van der Waals surface area contributed by atoms with E-state index in [1.165, 1.54) is 25.8 Å². The number of hydrogen-bond donors (Lipinski definition) is 0.